The SMILES string of the molecule is O=C(O)C1C(=O)CC2CCCC(=O)C2C1=O. The highest BCUT2D eigenvalue weighted by atomic mass is 16.4. The molecule has 86 valence electrons. The third-order valence-corrected chi connectivity index (χ3v) is 3.44. The fourth-order valence-corrected chi connectivity index (χ4v) is 2.71. The van der Waals surface area contributed by atoms with Gasteiger partial charge in [0.1, 0.15) is 5.78 Å². The molecule has 1 N–H and O–H groups in total. The van der Waals surface area contributed by atoms with E-state index in [9.17, 15) is 19.2 Å². The van der Waals surface area contributed by atoms with E-state index in [0.717, 1.165) is 0 Å². The van der Waals surface area contributed by atoms with Crippen molar-refractivity contribution in [1.29, 1.82) is 0 Å². The number of ketones is 3. The molecule has 3 unspecified atom stereocenters. The van der Waals surface area contributed by atoms with Crippen LogP contribution in [0.25, 0.3) is 0 Å². The van der Waals surface area contributed by atoms with Gasteiger partial charge in [0.2, 0.25) is 0 Å². The van der Waals surface area contributed by atoms with Crippen LogP contribution >= 0.6 is 0 Å². The molecule has 0 aliphatic heterocycles. The first-order valence-corrected chi connectivity index (χ1v) is 5.34. The van der Waals surface area contributed by atoms with E-state index in [1.165, 1.54) is 0 Å². The monoisotopic (exact) mass is 224 g/mol. The van der Waals surface area contributed by atoms with Crippen LogP contribution < -0.4 is 0 Å². The number of carbonyl (C=O) groups excluding carboxylic acids is 3. The molecular formula is C11H12O5. The topological polar surface area (TPSA) is 88.5 Å². The molecule has 0 bridgehead atoms. The maximum atomic E-state index is 11.8. The molecule has 5 heteroatoms. The van der Waals surface area contributed by atoms with E-state index in [4.69, 9.17) is 5.11 Å². The Morgan fingerprint density at radius 1 is 1.19 bits per heavy atom. The largest absolute Gasteiger partial charge is 0.480 e. The zero-order valence-corrected chi connectivity index (χ0v) is 8.64. The van der Waals surface area contributed by atoms with E-state index in [0.29, 0.717) is 19.3 Å². The highest BCUT2D eigenvalue weighted by Gasteiger charge is 2.50. The van der Waals surface area contributed by atoms with Crippen molar-refractivity contribution in [3.8, 4) is 0 Å². The van der Waals surface area contributed by atoms with Crippen LogP contribution in [-0.4, -0.2) is 28.4 Å². The zero-order valence-electron chi connectivity index (χ0n) is 8.64. The molecular weight excluding hydrogens is 212 g/mol. The number of hydrogen-bond acceptors (Lipinski definition) is 4. The summed E-state index contributed by atoms with van der Waals surface area (Å²) >= 11 is 0. The summed E-state index contributed by atoms with van der Waals surface area (Å²) in [4.78, 5) is 45.7. The fraction of sp³-hybridized carbons (Fsp3) is 0.636. The van der Waals surface area contributed by atoms with E-state index in [1.54, 1.807) is 0 Å². The molecule has 5 nitrogen and oxygen atoms in total. The molecule has 0 heterocycles. The molecule has 0 amide bonds. The van der Waals surface area contributed by atoms with Gasteiger partial charge in [-0.3, -0.25) is 19.2 Å². The Kier molecular flexibility index (Phi) is 2.61. The van der Waals surface area contributed by atoms with E-state index in [-0.39, 0.29) is 18.1 Å². The van der Waals surface area contributed by atoms with Crippen LogP contribution in [0.15, 0.2) is 0 Å². The van der Waals surface area contributed by atoms with Crippen LogP contribution in [0.3, 0.4) is 0 Å². The average molecular weight is 224 g/mol. The van der Waals surface area contributed by atoms with E-state index in [1.807, 2.05) is 0 Å². The lowest BCUT2D eigenvalue weighted by molar-refractivity contribution is -0.157. The Bertz CT molecular complexity index is 384. The number of carboxylic acids is 1. The van der Waals surface area contributed by atoms with Crippen molar-refractivity contribution >= 4 is 23.3 Å². The number of aliphatic carboxylic acids is 1. The van der Waals surface area contributed by atoms with Crippen LogP contribution in [0.5, 0.6) is 0 Å². The molecule has 0 saturated heterocycles. The summed E-state index contributed by atoms with van der Waals surface area (Å²) in [5.41, 5.74) is 0. The van der Waals surface area contributed by atoms with Crippen molar-refractivity contribution in [2.45, 2.75) is 25.7 Å². The minimum Gasteiger partial charge on any atom is -0.480 e. The minimum absolute atomic E-state index is 0.0547. The van der Waals surface area contributed by atoms with Gasteiger partial charge < -0.3 is 5.11 Å². The highest BCUT2D eigenvalue weighted by Crippen LogP contribution is 2.37. The van der Waals surface area contributed by atoms with E-state index >= 15 is 0 Å². The Morgan fingerprint density at radius 3 is 2.50 bits per heavy atom. The van der Waals surface area contributed by atoms with Crippen LogP contribution in [0, 0.1) is 17.8 Å². The van der Waals surface area contributed by atoms with Crippen molar-refractivity contribution in [1.82, 2.24) is 0 Å². The van der Waals surface area contributed by atoms with Crippen LogP contribution in [-0.2, 0) is 19.2 Å². The summed E-state index contributed by atoms with van der Waals surface area (Å²) in [6.07, 6.45) is 1.74. The normalized spacial score (nSPS) is 34.8. The van der Waals surface area contributed by atoms with Crippen LogP contribution in [0.4, 0.5) is 0 Å². The summed E-state index contributed by atoms with van der Waals surface area (Å²) in [6, 6.07) is 0. The molecule has 3 atom stereocenters. The second-order valence-electron chi connectivity index (χ2n) is 4.44. The van der Waals surface area contributed by atoms with Crippen molar-refractivity contribution < 1.29 is 24.3 Å². The van der Waals surface area contributed by atoms with Crippen molar-refractivity contribution in [3.05, 3.63) is 0 Å². The lowest BCUT2D eigenvalue weighted by Gasteiger charge is -2.34. The number of carbonyl (C=O) groups is 4. The maximum absolute atomic E-state index is 11.8. The van der Waals surface area contributed by atoms with Gasteiger partial charge in [0.05, 0.1) is 5.92 Å². The minimum atomic E-state index is -1.61. The first kappa shape index (κ1) is 11.0. The van der Waals surface area contributed by atoms with Crippen LogP contribution in [0.1, 0.15) is 25.7 Å². The maximum Gasteiger partial charge on any atom is 0.321 e. The summed E-state index contributed by atoms with van der Waals surface area (Å²) in [5.74, 6) is -5.56. The quantitative estimate of drug-likeness (QED) is 0.643. The molecule has 2 saturated carbocycles. The predicted molar refractivity (Wildman–Crippen MR) is 51.6 cm³/mol. The fourth-order valence-electron chi connectivity index (χ4n) is 2.71. The van der Waals surface area contributed by atoms with Gasteiger partial charge in [-0.25, -0.2) is 0 Å². The van der Waals surface area contributed by atoms with Gasteiger partial charge in [-0.05, 0) is 18.8 Å². The molecule has 16 heavy (non-hydrogen) atoms. The molecule has 2 rings (SSSR count). The van der Waals surface area contributed by atoms with E-state index < -0.39 is 29.4 Å². The zero-order chi connectivity index (χ0) is 11.9. The Hall–Kier alpha value is -1.52. The third-order valence-electron chi connectivity index (χ3n) is 3.44. The Labute approximate surface area is 91.8 Å². The van der Waals surface area contributed by atoms with Gasteiger partial charge in [-0.15, -0.1) is 0 Å². The second kappa shape index (κ2) is 3.81. The van der Waals surface area contributed by atoms with Gasteiger partial charge in [-0.2, -0.15) is 0 Å². The lowest BCUT2D eigenvalue weighted by atomic mass is 9.65. The van der Waals surface area contributed by atoms with Gasteiger partial charge in [0, 0.05) is 12.8 Å². The van der Waals surface area contributed by atoms with Crippen LogP contribution in [0.2, 0.25) is 0 Å². The molecule has 0 radical (unpaired) electrons. The molecule has 0 aromatic carbocycles. The van der Waals surface area contributed by atoms with Gasteiger partial charge >= 0.3 is 5.97 Å². The summed E-state index contributed by atoms with van der Waals surface area (Å²) in [5, 5.41) is 8.80. The van der Waals surface area contributed by atoms with Crippen molar-refractivity contribution in [2.75, 3.05) is 0 Å². The molecule has 0 spiro atoms. The van der Waals surface area contributed by atoms with E-state index in [2.05, 4.69) is 0 Å². The number of carboxylic acid groups (broad SMARTS) is 1. The lowest BCUT2D eigenvalue weighted by Crippen LogP contribution is -2.49. The predicted octanol–water partition coefficient (Wildman–Crippen LogP) is 0.214. The molecule has 2 aliphatic rings. The first-order chi connectivity index (χ1) is 7.52. The second-order valence-corrected chi connectivity index (χ2v) is 4.44. The van der Waals surface area contributed by atoms with Gasteiger partial charge in [0.25, 0.3) is 0 Å². The molecule has 0 aromatic heterocycles. The molecule has 0 aromatic rings. The average Bonchev–Trinajstić information content (AvgIpc) is 2.15. The third kappa shape index (κ3) is 1.56. The summed E-state index contributed by atoms with van der Waals surface area (Å²) < 4.78 is 0. The number of fused-ring (bicyclic) bond motifs is 1. The summed E-state index contributed by atoms with van der Waals surface area (Å²) in [6.45, 7) is 0. The Balaban J connectivity index is 2.31. The smallest absolute Gasteiger partial charge is 0.321 e. The number of rotatable bonds is 1. The standard InChI is InChI=1S/C11H12O5/c12-6-3-1-2-5-4-7(13)9(11(15)16)10(14)8(5)6/h5,8-9H,1-4H2,(H,15,16). The molecule has 2 fully saturated rings. The first-order valence-electron chi connectivity index (χ1n) is 5.34. The highest BCUT2D eigenvalue weighted by molar-refractivity contribution is 6.23. The van der Waals surface area contributed by atoms with Gasteiger partial charge in [-0.1, -0.05) is 0 Å². The summed E-state index contributed by atoms with van der Waals surface area (Å²) in [7, 11) is 0. The van der Waals surface area contributed by atoms with Crippen molar-refractivity contribution in [2.24, 2.45) is 17.8 Å². The van der Waals surface area contributed by atoms with Crippen molar-refractivity contribution in [3.63, 3.8) is 0 Å². The number of hydrogen-bond donors (Lipinski definition) is 1. The molecule has 2 aliphatic carbocycles. The Morgan fingerprint density at radius 2 is 1.88 bits per heavy atom. The van der Waals surface area contributed by atoms with Gasteiger partial charge in [0.15, 0.2) is 17.5 Å². The number of Topliss-reactive ketones (excluding diaryl/α,β-unsaturated/α-hetero) is 3.